The van der Waals surface area contributed by atoms with Crippen molar-refractivity contribution >= 4 is 34.3 Å². The van der Waals surface area contributed by atoms with Crippen molar-refractivity contribution in [1.82, 2.24) is 0 Å². The Bertz CT molecular complexity index is 1050. The van der Waals surface area contributed by atoms with E-state index >= 15 is 0 Å². The zero-order valence-corrected chi connectivity index (χ0v) is 12.8. The van der Waals surface area contributed by atoms with E-state index in [9.17, 15) is 19.7 Å². The van der Waals surface area contributed by atoms with Crippen LogP contribution in [0, 0.1) is 10.1 Å². The van der Waals surface area contributed by atoms with E-state index in [1.165, 1.54) is 30.5 Å². The van der Waals surface area contributed by atoms with Crippen molar-refractivity contribution in [2.24, 2.45) is 0 Å². The second-order valence-corrected chi connectivity index (χ2v) is 5.11. The van der Waals surface area contributed by atoms with E-state index in [0.717, 1.165) is 6.08 Å². The van der Waals surface area contributed by atoms with Gasteiger partial charge >= 0.3 is 0 Å². The molecule has 0 saturated carbocycles. The van der Waals surface area contributed by atoms with Crippen molar-refractivity contribution in [2.75, 3.05) is 5.32 Å². The predicted molar refractivity (Wildman–Crippen MR) is 93.2 cm³/mol. The number of fused-ring (bicyclic) bond motifs is 1. The molecule has 0 bridgehead atoms. The number of benzene rings is 2. The van der Waals surface area contributed by atoms with Crippen molar-refractivity contribution in [3.05, 3.63) is 86.8 Å². The van der Waals surface area contributed by atoms with Crippen LogP contribution in [0.15, 0.2) is 70.1 Å². The van der Waals surface area contributed by atoms with Crippen LogP contribution >= 0.6 is 0 Å². The summed E-state index contributed by atoms with van der Waals surface area (Å²) >= 11 is 0. The third kappa shape index (κ3) is 3.45. The molecule has 0 radical (unpaired) electrons. The largest absolute Gasteiger partial charge is 0.463 e. The first-order chi connectivity index (χ1) is 12.1. The number of carbonyl (C=O) groups excluding carboxylic acids is 1. The lowest BCUT2D eigenvalue weighted by molar-refractivity contribution is -0.383. The smallest absolute Gasteiger partial charge is 0.292 e. The zero-order valence-electron chi connectivity index (χ0n) is 12.8. The van der Waals surface area contributed by atoms with Gasteiger partial charge in [0.1, 0.15) is 17.5 Å². The molecule has 0 unspecified atom stereocenters. The lowest BCUT2D eigenvalue weighted by atomic mass is 10.1. The Morgan fingerprint density at radius 2 is 1.84 bits per heavy atom. The van der Waals surface area contributed by atoms with E-state index in [0.29, 0.717) is 11.0 Å². The van der Waals surface area contributed by atoms with Crippen molar-refractivity contribution in [3.8, 4) is 0 Å². The maximum Gasteiger partial charge on any atom is 0.292 e. The number of nitro benzene ring substituents is 1. The summed E-state index contributed by atoms with van der Waals surface area (Å²) in [5.41, 5.74) is 0.254. The summed E-state index contributed by atoms with van der Waals surface area (Å²) < 4.78 is 5.35. The van der Waals surface area contributed by atoms with Crippen molar-refractivity contribution in [2.45, 2.75) is 0 Å². The number of carbonyl (C=O) groups is 1. The van der Waals surface area contributed by atoms with Crippen LogP contribution in [-0.2, 0) is 4.79 Å². The minimum absolute atomic E-state index is 0.0766. The van der Waals surface area contributed by atoms with Crippen LogP contribution < -0.4 is 10.7 Å². The van der Waals surface area contributed by atoms with Gasteiger partial charge in [0.15, 0.2) is 5.43 Å². The third-order valence-electron chi connectivity index (χ3n) is 3.48. The molecule has 1 heterocycles. The number of hydrogen-bond acceptors (Lipinski definition) is 5. The van der Waals surface area contributed by atoms with Crippen LogP contribution in [0.5, 0.6) is 0 Å². The van der Waals surface area contributed by atoms with Crippen molar-refractivity contribution < 1.29 is 14.1 Å². The second-order valence-electron chi connectivity index (χ2n) is 5.11. The van der Waals surface area contributed by atoms with Crippen LogP contribution in [0.1, 0.15) is 5.56 Å². The Hall–Kier alpha value is -3.74. The topological polar surface area (TPSA) is 102 Å². The van der Waals surface area contributed by atoms with Gasteiger partial charge in [-0.3, -0.25) is 19.7 Å². The summed E-state index contributed by atoms with van der Waals surface area (Å²) in [7, 11) is 0. The number of nitrogens with zero attached hydrogens (tertiary/aromatic N) is 1. The summed E-state index contributed by atoms with van der Waals surface area (Å²) in [5.74, 6) is -0.596. The molecule has 7 heteroatoms. The summed E-state index contributed by atoms with van der Waals surface area (Å²) in [6.45, 7) is 0. The number of anilines is 1. The van der Waals surface area contributed by atoms with Gasteiger partial charge in [-0.05, 0) is 24.3 Å². The van der Waals surface area contributed by atoms with Gasteiger partial charge in [0, 0.05) is 12.1 Å². The van der Waals surface area contributed by atoms with E-state index in [1.807, 2.05) is 0 Å². The molecule has 25 heavy (non-hydrogen) atoms. The van der Waals surface area contributed by atoms with Crippen molar-refractivity contribution in [1.29, 1.82) is 0 Å². The molecule has 0 atom stereocenters. The molecule has 2 aromatic carbocycles. The zero-order chi connectivity index (χ0) is 17.8. The average molecular weight is 336 g/mol. The van der Waals surface area contributed by atoms with Gasteiger partial charge in [0.25, 0.3) is 5.69 Å². The molecular formula is C18H12N2O5. The summed E-state index contributed by atoms with van der Waals surface area (Å²) in [6.07, 6.45) is 3.69. The molecule has 0 spiro atoms. The molecule has 1 aromatic heterocycles. The third-order valence-corrected chi connectivity index (χ3v) is 3.48. The number of para-hydroxylation sites is 3. The number of rotatable bonds is 4. The molecule has 0 aliphatic carbocycles. The highest BCUT2D eigenvalue weighted by molar-refractivity contribution is 6.03. The number of amides is 1. The van der Waals surface area contributed by atoms with E-state index < -0.39 is 10.8 Å². The lowest BCUT2D eigenvalue weighted by Crippen LogP contribution is -2.10. The Labute approximate surface area is 141 Å². The van der Waals surface area contributed by atoms with Crippen LogP contribution in [0.3, 0.4) is 0 Å². The van der Waals surface area contributed by atoms with Crippen LogP contribution in [0.2, 0.25) is 0 Å². The standard InChI is InChI=1S/C18H12N2O5/c21-17(19-14-6-2-3-7-15(14)20(23)24)10-9-12-11-25-16-8-4-1-5-13(16)18(12)22/h1-11H,(H,19,21)/b10-9+. The second kappa shape index (κ2) is 6.79. The first-order valence-electron chi connectivity index (χ1n) is 7.29. The Balaban J connectivity index is 1.83. The average Bonchev–Trinajstić information content (AvgIpc) is 2.61. The van der Waals surface area contributed by atoms with Crippen LogP contribution in [-0.4, -0.2) is 10.8 Å². The Kier molecular flexibility index (Phi) is 4.38. The molecular weight excluding hydrogens is 324 g/mol. The van der Waals surface area contributed by atoms with Crippen molar-refractivity contribution in [3.63, 3.8) is 0 Å². The Morgan fingerprint density at radius 1 is 1.12 bits per heavy atom. The molecule has 1 amide bonds. The maximum absolute atomic E-state index is 12.3. The van der Waals surface area contributed by atoms with E-state index in [4.69, 9.17) is 4.42 Å². The van der Waals surface area contributed by atoms with E-state index in [2.05, 4.69) is 5.32 Å². The van der Waals surface area contributed by atoms with Gasteiger partial charge in [-0.25, -0.2) is 0 Å². The Morgan fingerprint density at radius 3 is 2.64 bits per heavy atom. The molecule has 124 valence electrons. The monoisotopic (exact) mass is 336 g/mol. The predicted octanol–water partition coefficient (Wildman–Crippen LogP) is 3.35. The minimum atomic E-state index is -0.596. The SMILES string of the molecule is O=C(/C=C/c1coc2ccccc2c1=O)Nc1ccccc1[N+](=O)[O-]. The van der Waals surface area contributed by atoms with Gasteiger partial charge in [-0.2, -0.15) is 0 Å². The van der Waals surface area contributed by atoms with Gasteiger partial charge in [-0.15, -0.1) is 0 Å². The molecule has 3 aromatic rings. The fraction of sp³-hybridized carbons (Fsp3) is 0. The molecule has 0 saturated heterocycles. The summed E-state index contributed by atoms with van der Waals surface area (Å²) in [6, 6.07) is 12.6. The fourth-order valence-corrected chi connectivity index (χ4v) is 2.29. The molecule has 7 nitrogen and oxygen atoms in total. The summed E-state index contributed by atoms with van der Waals surface area (Å²) in [5, 5.41) is 13.8. The first kappa shape index (κ1) is 16.1. The van der Waals surface area contributed by atoms with E-state index in [1.54, 1.807) is 30.3 Å². The first-order valence-corrected chi connectivity index (χ1v) is 7.29. The quantitative estimate of drug-likeness (QED) is 0.447. The number of nitro groups is 1. The van der Waals surface area contributed by atoms with Gasteiger partial charge in [0.2, 0.25) is 5.91 Å². The maximum atomic E-state index is 12.3. The minimum Gasteiger partial charge on any atom is -0.463 e. The van der Waals surface area contributed by atoms with Gasteiger partial charge in [-0.1, -0.05) is 24.3 Å². The van der Waals surface area contributed by atoms with Crippen LogP contribution in [0.4, 0.5) is 11.4 Å². The summed E-state index contributed by atoms with van der Waals surface area (Å²) in [4.78, 5) is 34.6. The highest BCUT2D eigenvalue weighted by Gasteiger charge is 2.13. The fourth-order valence-electron chi connectivity index (χ4n) is 2.29. The highest BCUT2D eigenvalue weighted by atomic mass is 16.6. The van der Waals surface area contributed by atoms with Gasteiger partial charge in [0.05, 0.1) is 15.9 Å². The molecule has 0 aliphatic heterocycles. The molecule has 3 rings (SSSR count). The number of nitrogens with one attached hydrogen (secondary N) is 1. The highest BCUT2D eigenvalue weighted by Crippen LogP contribution is 2.23. The van der Waals surface area contributed by atoms with E-state index in [-0.39, 0.29) is 22.4 Å². The number of hydrogen-bond donors (Lipinski definition) is 1. The molecule has 0 aliphatic rings. The molecule has 0 fully saturated rings. The van der Waals surface area contributed by atoms with Crippen LogP contribution in [0.25, 0.3) is 17.0 Å². The molecule has 1 N–H and O–H groups in total. The van der Waals surface area contributed by atoms with Gasteiger partial charge < -0.3 is 9.73 Å². The lowest BCUT2D eigenvalue weighted by Gasteiger charge is -2.02. The normalized spacial score (nSPS) is 10.9.